The molecule has 0 bridgehead atoms. The largest absolute Gasteiger partial charge is 0.317 e. The first-order valence-corrected chi connectivity index (χ1v) is 13.2. The molecule has 0 spiro atoms. The first kappa shape index (κ1) is 23.0. The second-order valence-corrected chi connectivity index (χ2v) is 11.3. The number of para-hydroxylation sites is 3. The average molecular weight is 453 g/mol. The van der Waals surface area contributed by atoms with Gasteiger partial charge in [-0.2, -0.15) is 0 Å². The van der Waals surface area contributed by atoms with E-state index < -0.39 is 0 Å². The van der Waals surface area contributed by atoms with E-state index in [1.54, 1.807) is 0 Å². The maximum atomic E-state index is 2.68. The third kappa shape index (κ3) is 3.14. The molecule has 2 aliphatic heterocycles. The summed E-state index contributed by atoms with van der Waals surface area (Å²) in [6.45, 7) is 16.5. The van der Waals surface area contributed by atoms with Crippen LogP contribution in [0.5, 0.6) is 0 Å². The van der Waals surface area contributed by atoms with Crippen LogP contribution in [0.15, 0.2) is 66.7 Å². The zero-order chi connectivity index (χ0) is 24.3. The number of fused-ring (bicyclic) bond motifs is 5. The van der Waals surface area contributed by atoms with Gasteiger partial charge in [0.05, 0.1) is 11.4 Å². The van der Waals surface area contributed by atoms with Gasteiger partial charge in [-0.15, -0.1) is 0 Å². The zero-order valence-corrected chi connectivity index (χ0v) is 22.0. The monoisotopic (exact) mass is 452 g/mol. The SMILES string of the molecule is CCC1c2cc(C(C)(C)C)ccc2N2c3ccccc3N(c3ccccc3C)C2C1(CC)CC. The fourth-order valence-electron chi connectivity index (χ4n) is 6.87. The summed E-state index contributed by atoms with van der Waals surface area (Å²) in [6.07, 6.45) is 3.72. The highest BCUT2D eigenvalue weighted by Crippen LogP contribution is 2.63. The molecule has 0 aliphatic carbocycles. The van der Waals surface area contributed by atoms with E-state index in [-0.39, 0.29) is 17.0 Å². The van der Waals surface area contributed by atoms with E-state index >= 15 is 0 Å². The summed E-state index contributed by atoms with van der Waals surface area (Å²) >= 11 is 0. The van der Waals surface area contributed by atoms with E-state index in [1.807, 2.05) is 0 Å². The van der Waals surface area contributed by atoms with Gasteiger partial charge in [-0.1, -0.05) is 84.0 Å². The van der Waals surface area contributed by atoms with E-state index in [9.17, 15) is 0 Å². The lowest BCUT2D eigenvalue weighted by atomic mass is 9.61. The number of anilines is 4. The van der Waals surface area contributed by atoms with Gasteiger partial charge in [-0.25, -0.2) is 0 Å². The van der Waals surface area contributed by atoms with Crippen LogP contribution in [0.1, 0.15) is 83.4 Å². The Hall–Kier alpha value is -2.74. The topological polar surface area (TPSA) is 6.48 Å². The summed E-state index contributed by atoms with van der Waals surface area (Å²) < 4.78 is 0. The Morgan fingerprint density at radius 3 is 1.82 bits per heavy atom. The van der Waals surface area contributed by atoms with Crippen molar-refractivity contribution >= 4 is 22.7 Å². The molecule has 2 nitrogen and oxygen atoms in total. The maximum absolute atomic E-state index is 2.68. The lowest BCUT2D eigenvalue weighted by molar-refractivity contribution is 0.143. The Kier molecular flexibility index (Phi) is 5.54. The Balaban J connectivity index is 1.84. The molecule has 0 saturated heterocycles. The Bertz CT molecular complexity index is 1200. The average Bonchev–Trinajstić information content (AvgIpc) is 3.18. The second-order valence-electron chi connectivity index (χ2n) is 11.3. The number of hydrogen-bond donors (Lipinski definition) is 0. The van der Waals surface area contributed by atoms with Crippen LogP contribution in [-0.2, 0) is 5.41 Å². The van der Waals surface area contributed by atoms with Gasteiger partial charge in [0.15, 0.2) is 0 Å². The van der Waals surface area contributed by atoms with Crippen molar-refractivity contribution in [3.63, 3.8) is 0 Å². The van der Waals surface area contributed by atoms with Gasteiger partial charge in [0.25, 0.3) is 0 Å². The van der Waals surface area contributed by atoms with Crippen molar-refractivity contribution in [3.8, 4) is 0 Å². The van der Waals surface area contributed by atoms with Crippen LogP contribution in [0.25, 0.3) is 0 Å². The molecule has 3 aromatic rings. The summed E-state index contributed by atoms with van der Waals surface area (Å²) in [6, 6.07) is 25.3. The lowest BCUT2D eigenvalue weighted by Crippen LogP contribution is -2.57. The van der Waals surface area contributed by atoms with Crippen LogP contribution in [0, 0.1) is 12.3 Å². The highest BCUT2D eigenvalue weighted by atomic mass is 15.4. The molecule has 5 rings (SSSR count). The number of benzene rings is 3. The highest BCUT2D eigenvalue weighted by molar-refractivity contribution is 5.91. The molecule has 3 aromatic carbocycles. The van der Waals surface area contributed by atoms with E-state index in [2.05, 4.69) is 125 Å². The molecule has 2 atom stereocenters. The predicted molar refractivity (Wildman–Crippen MR) is 147 cm³/mol. The van der Waals surface area contributed by atoms with Gasteiger partial charge >= 0.3 is 0 Å². The van der Waals surface area contributed by atoms with Crippen LogP contribution >= 0.6 is 0 Å². The van der Waals surface area contributed by atoms with E-state index in [0.717, 1.165) is 19.3 Å². The van der Waals surface area contributed by atoms with Crippen LogP contribution in [0.4, 0.5) is 22.7 Å². The molecule has 0 N–H and O–H groups in total. The number of rotatable bonds is 4. The molecular weight excluding hydrogens is 412 g/mol. The molecule has 0 radical (unpaired) electrons. The van der Waals surface area contributed by atoms with Crippen LogP contribution in [-0.4, -0.2) is 6.17 Å². The van der Waals surface area contributed by atoms with Crippen molar-refractivity contribution < 1.29 is 0 Å². The van der Waals surface area contributed by atoms with Crippen molar-refractivity contribution in [1.82, 2.24) is 0 Å². The Labute approximate surface area is 206 Å². The first-order valence-electron chi connectivity index (χ1n) is 13.2. The van der Waals surface area contributed by atoms with Gasteiger partial charge in [-0.3, -0.25) is 0 Å². The molecule has 2 unspecified atom stereocenters. The number of nitrogens with zero attached hydrogens (tertiary/aromatic N) is 2. The van der Waals surface area contributed by atoms with E-state index in [4.69, 9.17) is 0 Å². The number of hydrogen-bond acceptors (Lipinski definition) is 2. The highest BCUT2D eigenvalue weighted by Gasteiger charge is 2.56. The van der Waals surface area contributed by atoms with Gasteiger partial charge in [0, 0.05) is 16.8 Å². The summed E-state index contributed by atoms with van der Waals surface area (Å²) in [7, 11) is 0. The maximum Gasteiger partial charge on any atom is 0.117 e. The summed E-state index contributed by atoms with van der Waals surface area (Å²) in [5.74, 6) is 0.516. The third-order valence-corrected chi connectivity index (χ3v) is 8.73. The van der Waals surface area contributed by atoms with Crippen molar-refractivity contribution in [3.05, 3.63) is 83.4 Å². The minimum Gasteiger partial charge on any atom is -0.317 e. The Morgan fingerprint density at radius 1 is 0.735 bits per heavy atom. The smallest absolute Gasteiger partial charge is 0.117 e. The molecule has 2 heterocycles. The first-order chi connectivity index (χ1) is 16.3. The fourth-order valence-corrected chi connectivity index (χ4v) is 6.87. The van der Waals surface area contributed by atoms with Gasteiger partial charge in [0.2, 0.25) is 0 Å². The van der Waals surface area contributed by atoms with Gasteiger partial charge in [0.1, 0.15) is 6.17 Å². The molecule has 0 amide bonds. The molecule has 2 heteroatoms. The van der Waals surface area contributed by atoms with Gasteiger partial charge < -0.3 is 9.80 Å². The molecular formula is C32H40N2. The zero-order valence-electron chi connectivity index (χ0n) is 22.0. The second kappa shape index (κ2) is 8.18. The third-order valence-electron chi connectivity index (χ3n) is 8.73. The lowest BCUT2D eigenvalue weighted by Gasteiger charge is -2.55. The minimum absolute atomic E-state index is 0.138. The molecule has 0 fully saturated rings. The molecule has 178 valence electrons. The minimum atomic E-state index is 0.138. The summed E-state index contributed by atoms with van der Waals surface area (Å²) in [4.78, 5) is 5.35. The standard InChI is InChI=1S/C32H40N2/c1-8-25-24-21-23(31(5,6)7)19-20-27(24)34-29-18-14-13-17-28(29)33(26-16-12-11-15-22(26)4)30(34)32(25,9-2)10-3/h11-21,25,30H,8-10H2,1-7H3. The normalized spacial score (nSPS) is 20.7. The van der Waals surface area contributed by atoms with E-state index in [0.29, 0.717) is 5.92 Å². The van der Waals surface area contributed by atoms with Crippen molar-refractivity contribution in [1.29, 1.82) is 0 Å². The Morgan fingerprint density at radius 2 is 1.29 bits per heavy atom. The number of aryl methyl sites for hydroxylation is 1. The van der Waals surface area contributed by atoms with Crippen molar-refractivity contribution in [2.45, 2.75) is 85.2 Å². The molecule has 0 saturated carbocycles. The summed E-state index contributed by atoms with van der Waals surface area (Å²) in [5, 5.41) is 0. The summed E-state index contributed by atoms with van der Waals surface area (Å²) in [5.41, 5.74) is 9.98. The van der Waals surface area contributed by atoms with Crippen LogP contribution < -0.4 is 9.80 Å². The predicted octanol–water partition coefficient (Wildman–Crippen LogP) is 9.22. The van der Waals surface area contributed by atoms with Crippen molar-refractivity contribution in [2.75, 3.05) is 9.80 Å². The van der Waals surface area contributed by atoms with Gasteiger partial charge in [-0.05, 0) is 78.5 Å². The van der Waals surface area contributed by atoms with Crippen LogP contribution in [0.2, 0.25) is 0 Å². The van der Waals surface area contributed by atoms with E-state index in [1.165, 1.54) is 39.4 Å². The van der Waals surface area contributed by atoms with Crippen LogP contribution in [0.3, 0.4) is 0 Å². The fraction of sp³-hybridized carbons (Fsp3) is 0.438. The molecule has 34 heavy (non-hydrogen) atoms. The quantitative estimate of drug-likeness (QED) is 0.389. The van der Waals surface area contributed by atoms with Crippen molar-refractivity contribution in [2.24, 2.45) is 5.41 Å². The molecule has 2 aliphatic rings. The molecule has 0 aromatic heterocycles.